The van der Waals surface area contributed by atoms with Gasteiger partial charge in [0.15, 0.2) is 0 Å². The van der Waals surface area contributed by atoms with Gasteiger partial charge in [-0.2, -0.15) is 0 Å². The van der Waals surface area contributed by atoms with Crippen LogP contribution in [0.2, 0.25) is 0 Å². The number of hydrogen-bond acceptors (Lipinski definition) is 3. The van der Waals surface area contributed by atoms with Gasteiger partial charge in [-0.3, -0.25) is 14.4 Å². The standard InChI is InChI=1S/C27H29N3O3/c1-2-20-14-16-22(17-15-20)19-29-25(31)23-12-6-7-13-24(23)30-27(33)26(32)28-18-8-11-21-9-4-3-5-10-21/h3-7,9-10,12-17H,2,8,11,18-19H2,1H3,(H,28,32)(H,29,31)(H,30,33). The second kappa shape index (κ2) is 12.2. The van der Waals surface area contributed by atoms with E-state index < -0.39 is 11.8 Å². The van der Waals surface area contributed by atoms with Gasteiger partial charge in [0.1, 0.15) is 0 Å². The maximum Gasteiger partial charge on any atom is 0.313 e. The molecule has 0 radical (unpaired) electrons. The largest absolute Gasteiger partial charge is 0.348 e. The van der Waals surface area contributed by atoms with Crippen LogP contribution < -0.4 is 16.0 Å². The molecule has 0 fully saturated rings. The SMILES string of the molecule is CCc1ccc(CNC(=O)c2ccccc2NC(=O)C(=O)NCCCc2ccccc2)cc1. The molecular formula is C27H29N3O3. The summed E-state index contributed by atoms with van der Waals surface area (Å²) >= 11 is 0. The minimum Gasteiger partial charge on any atom is -0.348 e. The number of amides is 3. The molecule has 3 rings (SSSR count). The molecule has 33 heavy (non-hydrogen) atoms. The van der Waals surface area contributed by atoms with Crippen molar-refractivity contribution in [2.24, 2.45) is 0 Å². The number of rotatable bonds is 9. The summed E-state index contributed by atoms with van der Waals surface area (Å²) in [4.78, 5) is 37.2. The van der Waals surface area contributed by atoms with Crippen molar-refractivity contribution in [1.29, 1.82) is 0 Å². The minimum absolute atomic E-state index is 0.292. The number of benzene rings is 3. The smallest absolute Gasteiger partial charge is 0.313 e. The van der Waals surface area contributed by atoms with Crippen molar-refractivity contribution in [1.82, 2.24) is 10.6 Å². The van der Waals surface area contributed by atoms with Crippen LogP contribution in [0.15, 0.2) is 78.9 Å². The number of carbonyl (C=O) groups is 3. The van der Waals surface area contributed by atoms with Crippen LogP contribution in [0, 0.1) is 0 Å². The average molecular weight is 444 g/mol. The van der Waals surface area contributed by atoms with Crippen molar-refractivity contribution >= 4 is 23.4 Å². The van der Waals surface area contributed by atoms with E-state index in [1.54, 1.807) is 24.3 Å². The van der Waals surface area contributed by atoms with Crippen LogP contribution in [0.4, 0.5) is 5.69 Å². The Morgan fingerprint density at radius 1 is 0.697 bits per heavy atom. The maximum absolute atomic E-state index is 12.7. The van der Waals surface area contributed by atoms with Crippen molar-refractivity contribution in [2.75, 3.05) is 11.9 Å². The highest BCUT2D eigenvalue weighted by Crippen LogP contribution is 2.15. The van der Waals surface area contributed by atoms with E-state index in [1.807, 2.05) is 54.6 Å². The van der Waals surface area contributed by atoms with Crippen molar-refractivity contribution in [3.8, 4) is 0 Å². The fraction of sp³-hybridized carbons (Fsp3) is 0.222. The van der Waals surface area contributed by atoms with E-state index in [9.17, 15) is 14.4 Å². The predicted molar refractivity (Wildman–Crippen MR) is 130 cm³/mol. The van der Waals surface area contributed by atoms with Crippen LogP contribution in [0.1, 0.15) is 40.4 Å². The van der Waals surface area contributed by atoms with Gasteiger partial charge >= 0.3 is 11.8 Å². The summed E-state index contributed by atoms with van der Waals surface area (Å²) in [6.45, 7) is 2.85. The van der Waals surface area contributed by atoms with Gasteiger partial charge in [-0.15, -0.1) is 0 Å². The van der Waals surface area contributed by atoms with Crippen LogP contribution in [-0.2, 0) is 29.0 Å². The second-order valence-corrected chi connectivity index (χ2v) is 7.70. The Morgan fingerprint density at radius 3 is 2.09 bits per heavy atom. The summed E-state index contributed by atoms with van der Waals surface area (Å²) in [5, 5.41) is 8.04. The zero-order valence-electron chi connectivity index (χ0n) is 18.8. The molecule has 170 valence electrons. The number of anilines is 1. The van der Waals surface area contributed by atoms with Gasteiger partial charge in [0, 0.05) is 13.1 Å². The van der Waals surface area contributed by atoms with Crippen molar-refractivity contribution in [3.05, 3.63) is 101 Å². The number of para-hydroxylation sites is 1. The fourth-order valence-electron chi connectivity index (χ4n) is 3.36. The molecule has 0 spiro atoms. The van der Waals surface area contributed by atoms with Crippen LogP contribution in [-0.4, -0.2) is 24.3 Å². The first-order valence-electron chi connectivity index (χ1n) is 11.1. The highest BCUT2D eigenvalue weighted by Gasteiger charge is 2.17. The van der Waals surface area contributed by atoms with Crippen molar-refractivity contribution in [2.45, 2.75) is 32.7 Å². The molecule has 3 aromatic carbocycles. The average Bonchev–Trinajstić information content (AvgIpc) is 2.86. The van der Waals surface area contributed by atoms with E-state index in [-0.39, 0.29) is 5.91 Å². The zero-order chi connectivity index (χ0) is 23.5. The quantitative estimate of drug-likeness (QED) is 0.347. The van der Waals surface area contributed by atoms with Crippen molar-refractivity contribution in [3.63, 3.8) is 0 Å². The third-order valence-electron chi connectivity index (χ3n) is 5.28. The lowest BCUT2D eigenvalue weighted by molar-refractivity contribution is -0.136. The Balaban J connectivity index is 1.50. The number of hydrogen-bond donors (Lipinski definition) is 3. The molecule has 0 aromatic heterocycles. The Kier molecular flexibility index (Phi) is 8.77. The zero-order valence-corrected chi connectivity index (χ0v) is 18.8. The number of aryl methyl sites for hydroxylation is 2. The Hall–Kier alpha value is -3.93. The molecule has 6 nitrogen and oxygen atoms in total. The summed E-state index contributed by atoms with van der Waals surface area (Å²) in [6, 6.07) is 24.6. The van der Waals surface area contributed by atoms with E-state index in [4.69, 9.17) is 0 Å². The normalized spacial score (nSPS) is 10.3. The number of carbonyl (C=O) groups excluding carboxylic acids is 3. The molecule has 0 saturated heterocycles. The molecule has 0 aliphatic rings. The molecule has 3 N–H and O–H groups in total. The van der Waals surface area contributed by atoms with E-state index in [2.05, 4.69) is 22.9 Å². The molecule has 0 unspecified atom stereocenters. The van der Waals surface area contributed by atoms with E-state index in [0.29, 0.717) is 24.3 Å². The maximum atomic E-state index is 12.7. The van der Waals surface area contributed by atoms with Gasteiger partial charge < -0.3 is 16.0 Å². The first kappa shape index (κ1) is 23.7. The summed E-state index contributed by atoms with van der Waals surface area (Å²) in [6.07, 6.45) is 2.49. The molecule has 3 aromatic rings. The Bertz CT molecular complexity index is 1080. The van der Waals surface area contributed by atoms with Gasteiger partial charge in [-0.05, 0) is 48.1 Å². The van der Waals surface area contributed by atoms with E-state index in [1.165, 1.54) is 11.1 Å². The highest BCUT2D eigenvalue weighted by atomic mass is 16.2. The Morgan fingerprint density at radius 2 is 1.36 bits per heavy atom. The molecule has 6 heteroatoms. The third-order valence-corrected chi connectivity index (χ3v) is 5.28. The summed E-state index contributed by atoms with van der Waals surface area (Å²) in [5.41, 5.74) is 3.99. The lowest BCUT2D eigenvalue weighted by Gasteiger charge is -2.12. The van der Waals surface area contributed by atoms with Crippen LogP contribution in [0.3, 0.4) is 0 Å². The first-order valence-corrected chi connectivity index (χ1v) is 11.1. The highest BCUT2D eigenvalue weighted by molar-refractivity contribution is 6.40. The van der Waals surface area contributed by atoms with E-state index in [0.717, 1.165) is 24.8 Å². The second-order valence-electron chi connectivity index (χ2n) is 7.70. The van der Waals surface area contributed by atoms with Crippen LogP contribution in [0.5, 0.6) is 0 Å². The molecular weight excluding hydrogens is 414 g/mol. The van der Waals surface area contributed by atoms with Crippen LogP contribution >= 0.6 is 0 Å². The van der Waals surface area contributed by atoms with E-state index >= 15 is 0 Å². The number of nitrogens with one attached hydrogen (secondary N) is 3. The van der Waals surface area contributed by atoms with Gasteiger partial charge in [0.05, 0.1) is 11.3 Å². The fourth-order valence-corrected chi connectivity index (χ4v) is 3.36. The molecule has 3 amide bonds. The van der Waals surface area contributed by atoms with Crippen LogP contribution in [0.25, 0.3) is 0 Å². The predicted octanol–water partition coefficient (Wildman–Crippen LogP) is 3.87. The van der Waals surface area contributed by atoms with Gasteiger partial charge in [-0.25, -0.2) is 0 Å². The molecule has 0 atom stereocenters. The van der Waals surface area contributed by atoms with Crippen molar-refractivity contribution < 1.29 is 14.4 Å². The first-order chi connectivity index (χ1) is 16.1. The lowest BCUT2D eigenvalue weighted by atomic mass is 10.1. The minimum atomic E-state index is -0.801. The molecule has 0 aliphatic heterocycles. The molecule has 0 aliphatic carbocycles. The molecule has 0 heterocycles. The summed E-state index contributed by atoms with van der Waals surface area (Å²) in [7, 11) is 0. The van der Waals surface area contributed by atoms with Gasteiger partial charge in [0.25, 0.3) is 5.91 Å². The summed E-state index contributed by atoms with van der Waals surface area (Å²) in [5.74, 6) is -1.85. The van der Waals surface area contributed by atoms with Gasteiger partial charge in [-0.1, -0.05) is 73.7 Å². The third kappa shape index (κ3) is 7.31. The molecule has 0 bridgehead atoms. The topological polar surface area (TPSA) is 87.3 Å². The molecule has 0 saturated carbocycles. The lowest BCUT2D eigenvalue weighted by Crippen LogP contribution is -2.36. The summed E-state index contributed by atoms with van der Waals surface area (Å²) < 4.78 is 0. The monoisotopic (exact) mass is 443 g/mol. The van der Waals surface area contributed by atoms with Gasteiger partial charge in [0.2, 0.25) is 0 Å². The Labute approximate surface area is 194 Å².